The molecule has 1 aliphatic heterocycles. The minimum absolute atomic E-state index is 0.0633. The number of aromatic nitrogens is 3. The molecule has 160 valence electrons. The molecule has 0 radical (unpaired) electrons. The van der Waals surface area contributed by atoms with Crippen LogP contribution in [0.5, 0.6) is 5.88 Å². The van der Waals surface area contributed by atoms with Gasteiger partial charge in [-0.2, -0.15) is 4.98 Å². The van der Waals surface area contributed by atoms with Crippen LogP contribution in [0.3, 0.4) is 0 Å². The number of fused-ring (bicyclic) bond motifs is 3. The number of benzene rings is 2. The molecule has 0 spiro atoms. The fourth-order valence-electron chi connectivity index (χ4n) is 3.34. The van der Waals surface area contributed by atoms with E-state index < -0.39 is 29.6 Å². The Morgan fingerprint density at radius 1 is 1.19 bits per heavy atom. The topological polar surface area (TPSA) is 68.2 Å². The van der Waals surface area contributed by atoms with Crippen LogP contribution in [0, 0.1) is 17.5 Å². The third-order valence-electron chi connectivity index (χ3n) is 4.73. The summed E-state index contributed by atoms with van der Waals surface area (Å²) in [4.78, 5) is 18.6. The normalized spacial score (nSPS) is 15.0. The number of ether oxygens (including phenoxy) is 1. The highest BCUT2D eigenvalue weighted by Crippen LogP contribution is 2.44. The van der Waals surface area contributed by atoms with E-state index in [2.05, 4.69) is 15.2 Å². The molecule has 1 aromatic heterocycles. The molecular weight excluding hydrogens is 429 g/mol. The smallest absolute Gasteiger partial charge is 0.247 e. The number of hydrogen-bond acceptors (Lipinski definition) is 6. The van der Waals surface area contributed by atoms with Crippen LogP contribution in [0.4, 0.5) is 18.9 Å². The summed E-state index contributed by atoms with van der Waals surface area (Å²) >= 11 is 1.20. The molecule has 0 bridgehead atoms. The first-order valence-electron chi connectivity index (χ1n) is 9.45. The average molecular weight is 446 g/mol. The molecule has 0 fully saturated rings. The first-order valence-corrected chi connectivity index (χ1v) is 10.7. The maximum atomic E-state index is 14.8. The van der Waals surface area contributed by atoms with Gasteiger partial charge in [-0.25, -0.2) is 13.2 Å². The summed E-state index contributed by atoms with van der Waals surface area (Å²) < 4.78 is 49.0. The standard InChI is InChI=1S/C21H17F3N4O2S/c1-3-5-16(29)28-15-9-8-11(22)10-13(15)18-19(25-21(31-2)27-26-18)30-20(28)12-6-4-7-14(23)17(12)24/h4,6-10,20H,3,5H2,1-2H3. The minimum Gasteiger partial charge on any atom is -0.447 e. The van der Waals surface area contributed by atoms with E-state index in [4.69, 9.17) is 4.74 Å². The van der Waals surface area contributed by atoms with E-state index in [0.29, 0.717) is 6.42 Å². The van der Waals surface area contributed by atoms with Gasteiger partial charge in [0.1, 0.15) is 5.82 Å². The first kappa shape index (κ1) is 21.1. The van der Waals surface area contributed by atoms with Crippen molar-refractivity contribution in [1.82, 2.24) is 15.2 Å². The molecule has 10 heteroatoms. The van der Waals surface area contributed by atoms with Gasteiger partial charge in [0.25, 0.3) is 0 Å². The number of anilines is 1. The molecule has 2 heterocycles. The summed E-state index contributed by atoms with van der Waals surface area (Å²) in [5.74, 6) is -3.28. The van der Waals surface area contributed by atoms with Gasteiger partial charge in [-0.15, -0.1) is 10.2 Å². The molecule has 1 aliphatic rings. The molecule has 6 nitrogen and oxygen atoms in total. The highest BCUT2D eigenvalue weighted by atomic mass is 32.2. The Morgan fingerprint density at radius 3 is 2.74 bits per heavy atom. The SMILES string of the molecule is CCCC(=O)N1c2ccc(F)cc2-c2nnc(SC)nc2OC1c1cccc(F)c1F. The lowest BCUT2D eigenvalue weighted by Gasteiger charge is -2.31. The molecule has 0 aliphatic carbocycles. The summed E-state index contributed by atoms with van der Waals surface area (Å²) in [6.07, 6.45) is 0.964. The highest BCUT2D eigenvalue weighted by molar-refractivity contribution is 7.98. The third-order valence-corrected chi connectivity index (χ3v) is 5.27. The van der Waals surface area contributed by atoms with Crippen LogP contribution >= 0.6 is 11.8 Å². The van der Waals surface area contributed by atoms with E-state index in [-0.39, 0.29) is 40.0 Å². The summed E-state index contributed by atoms with van der Waals surface area (Å²) in [6.45, 7) is 1.81. The van der Waals surface area contributed by atoms with Crippen molar-refractivity contribution in [3.05, 3.63) is 59.4 Å². The molecule has 3 aromatic rings. The van der Waals surface area contributed by atoms with Gasteiger partial charge < -0.3 is 4.74 Å². The Balaban J connectivity index is 2.02. The lowest BCUT2D eigenvalue weighted by atomic mass is 10.1. The number of carbonyl (C=O) groups is 1. The van der Waals surface area contributed by atoms with Gasteiger partial charge in [0, 0.05) is 12.0 Å². The lowest BCUT2D eigenvalue weighted by Crippen LogP contribution is -2.38. The molecule has 0 N–H and O–H groups in total. The zero-order valence-electron chi connectivity index (χ0n) is 16.6. The van der Waals surface area contributed by atoms with Crippen LogP contribution in [0.15, 0.2) is 41.6 Å². The summed E-state index contributed by atoms with van der Waals surface area (Å²) in [6, 6.07) is 7.36. The first-order chi connectivity index (χ1) is 14.9. The summed E-state index contributed by atoms with van der Waals surface area (Å²) in [5.41, 5.74) is 0.351. The quantitative estimate of drug-likeness (QED) is 0.531. The number of carbonyl (C=O) groups excluding carboxylic acids is 1. The predicted molar refractivity (Wildman–Crippen MR) is 109 cm³/mol. The fourth-order valence-corrected chi connectivity index (χ4v) is 3.64. The Kier molecular flexibility index (Phi) is 5.81. The molecule has 4 rings (SSSR count). The lowest BCUT2D eigenvalue weighted by molar-refractivity contribution is -0.120. The van der Waals surface area contributed by atoms with Crippen molar-refractivity contribution in [2.24, 2.45) is 0 Å². The maximum Gasteiger partial charge on any atom is 0.247 e. The van der Waals surface area contributed by atoms with Crippen molar-refractivity contribution in [3.63, 3.8) is 0 Å². The molecular formula is C21H17F3N4O2S. The maximum absolute atomic E-state index is 14.8. The third kappa shape index (κ3) is 3.83. The second-order valence-corrected chi connectivity index (χ2v) is 7.51. The number of nitrogens with zero attached hydrogens (tertiary/aromatic N) is 4. The average Bonchev–Trinajstić information content (AvgIpc) is 2.89. The fraction of sp³-hybridized carbons (Fsp3) is 0.238. The number of amides is 1. The molecule has 1 amide bonds. The van der Waals surface area contributed by atoms with Gasteiger partial charge in [0.05, 0.1) is 11.3 Å². The van der Waals surface area contributed by atoms with E-state index >= 15 is 0 Å². The van der Waals surface area contributed by atoms with Gasteiger partial charge in [-0.05, 0) is 36.9 Å². The van der Waals surface area contributed by atoms with E-state index in [1.165, 1.54) is 47.0 Å². The Hall–Kier alpha value is -3.14. The van der Waals surface area contributed by atoms with Crippen molar-refractivity contribution in [2.45, 2.75) is 31.1 Å². The molecule has 31 heavy (non-hydrogen) atoms. The molecule has 2 aromatic carbocycles. The molecule has 0 saturated carbocycles. The van der Waals surface area contributed by atoms with Gasteiger partial charge in [0.2, 0.25) is 23.2 Å². The van der Waals surface area contributed by atoms with Crippen molar-refractivity contribution in [1.29, 1.82) is 0 Å². The van der Waals surface area contributed by atoms with Crippen LogP contribution < -0.4 is 9.64 Å². The van der Waals surface area contributed by atoms with Crippen LogP contribution in [-0.4, -0.2) is 27.3 Å². The molecule has 1 unspecified atom stereocenters. The number of rotatable bonds is 4. The summed E-state index contributed by atoms with van der Waals surface area (Å²) in [7, 11) is 0. The Morgan fingerprint density at radius 2 is 2.00 bits per heavy atom. The Bertz CT molecular complexity index is 1160. The van der Waals surface area contributed by atoms with Crippen LogP contribution in [0.2, 0.25) is 0 Å². The number of hydrogen-bond donors (Lipinski definition) is 0. The molecule has 1 atom stereocenters. The van der Waals surface area contributed by atoms with Crippen molar-refractivity contribution in [3.8, 4) is 17.1 Å². The van der Waals surface area contributed by atoms with E-state index in [0.717, 1.165) is 6.07 Å². The van der Waals surface area contributed by atoms with Crippen LogP contribution in [0.1, 0.15) is 31.6 Å². The second kappa shape index (κ2) is 8.54. The van der Waals surface area contributed by atoms with Crippen molar-refractivity contribution >= 4 is 23.4 Å². The second-order valence-electron chi connectivity index (χ2n) is 6.74. The minimum atomic E-state index is -1.38. The monoisotopic (exact) mass is 446 g/mol. The predicted octanol–water partition coefficient (Wildman–Crippen LogP) is 4.90. The van der Waals surface area contributed by atoms with Gasteiger partial charge >= 0.3 is 0 Å². The van der Waals surface area contributed by atoms with Gasteiger partial charge in [-0.3, -0.25) is 9.69 Å². The number of halogens is 3. The summed E-state index contributed by atoms with van der Waals surface area (Å²) in [5, 5.41) is 8.35. The van der Waals surface area contributed by atoms with E-state index in [1.54, 1.807) is 6.26 Å². The van der Waals surface area contributed by atoms with E-state index in [1.807, 2.05) is 6.92 Å². The van der Waals surface area contributed by atoms with Crippen LogP contribution in [-0.2, 0) is 4.79 Å². The van der Waals surface area contributed by atoms with E-state index in [9.17, 15) is 18.0 Å². The Labute approximate surface area is 180 Å². The van der Waals surface area contributed by atoms with Gasteiger partial charge in [0.15, 0.2) is 17.3 Å². The zero-order valence-corrected chi connectivity index (χ0v) is 17.4. The number of thioether (sulfide) groups is 1. The van der Waals surface area contributed by atoms with Crippen molar-refractivity contribution < 1.29 is 22.7 Å². The van der Waals surface area contributed by atoms with Crippen LogP contribution in [0.25, 0.3) is 11.3 Å². The largest absolute Gasteiger partial charge is 0.447 e. The zero-order chi connectivity index (χ0) is 22.1. The highest BCUT2D eigenvalue weighted by Gasteiger charge is 2.37. The van der Waals surface area contributed by atoms with Gasteiger partial charge in [-0.1, -0.05) is 30.8 Å². The van der Waals surface area contributed by atoms with Crippen molar-refractivity contribution in [2.75, 3.05) is 11.2 Å². The molecule has 0 saturated heterocycles.